The summed E-state index contributed by atoms with van der Waals surface area (Å²) in [6, 6.07) is 0. The summed E-state index contributed by atoms with van der Waals surface area (Å²) in [5, 5.41) is 21.9. The van der Waals surface area contributed by atoms with Crippen molar-refractivity contribution in [2.24, 2.45) is 0 Å². The zero-order valence-electron chi connectivity index (χ0n) is 11.5. The SMILES string of the molecule is COCC(CO)(COC)NCC(O)CS(=O)(=O)OC. The molecule has 0 bridgehead atoms. The van der Waals surface area contributed by atoms with E-state index in [1.165, 1.54) is 14.2 Å². The smallest absolute Gasteiger partial charge is 0.269 e. The van der Waals surface area contributed by atoms with Crippen molar-refractivity contribution in [3.63, 3.8) is 0 Å². The van der Waals surface area contributed by atoms with Crippen LogP contribution in [0.5, 0.6) is 0 Å². The Morgan fingerprint density at radius 1 is 1.21 bits per heavy atom. The first-order valence-electron chi connectivity index (χ1n) is 5.65. The topological polar surface area (TPSA) is 114 Å². The van der Waals surface area contributed by atoms with Gasteiger partial charge in [-0.25, -0.2) is 0 Å². The number of hydrogen-bond donors (Lipinski definition) is 3. The summed E-state index contributed by atoms with van der Waals surface area (Å²) in [4.78, 5) is 0. The molecule has 0 heterocycles. The van der Waals surface area contributed by atoms with Crippen LogP contribution in [-0.2, 0) is 23.8 Å². The van der Waals surface area contributed by atoms with E-state index in [1.807, 2.05) is 0 Å². The van der Waals surface area contributed by atoms with E-state index >= 15 is 0 Å². The molecule has 0 aromatic rings. The monoisotopic (exact) mass is 301 g/mol. The summed E-state index contributed by atoms with van der Waals surface area (Å²) in [5.41, 5.74) is -0.888. The van der Waals surface area contributed by atoms with Crippen LogP contribution in [-0.4, -0.2) is 83.7 Å². The van der Waals surface area contributed by atoms with Gasteiger partial charge in [0.1, 0.15) is 5.75 Å². The molecule has 9 heteroatoms. The maximum atomic E-state index is 11.1. The summed E-state index contributed by atoms with van der Waals surface area (Å²) in [5.74, 6) is -0.530. The van der Waals surface area contributed by atoms with Gasteiger partial charge in [0.05, 0.1) is 38.6 Å². The molecule has 0 amide bonds. The molecule has 0 aromatic heterocycles. The molecule has 0 fully saturated rings. The fourth-order valence-corrected chi connectivity index (χ4v) is 2.27. The third-order valence-electron chi connectivity index (χ3n) is 2.51. The van der Waals surface area contributed by atoms with Crippen molar-refractivity contribution in [1.82, 2.24) is 5.32 Å². The van der Waals surface area contributed by atoms with Crippen molar-refractivity contribution >= 4 is 10.1 Å². The molecule has 1 atom stereocenters. The largest absolute Gasteiger partial charge is 0.394 e. The van der Waals surface area contributed by atoms with Crippen LogP contribution in [0.15, 0.2) is 0 Å². The molecule has 0 spiro atoms. The van der Waals surface area contributed by atoms with Gasteiger partial charge in [-0.05, 0) is 0 Å². The van der Waals surface area contributed by atoms with Gasteiger partial charge < -0.3 is 25.0 Å². The fourth-order valence-electron chi connectivity index (χ4n) is 1.54. The maximum absolute atomic E-state index is 11.1. The number of β-amino-alcohol motifs (C(OH)–C–C–N with tert-alkyl or cyclic N) is 1. The van der Waals surface area contributed by atoms with E-state index in [-0.39, 0.29) is 26.4 Å². The van der Waals surface area contributed by atoms with Crippen molar-refractivity contribution in [1.29, 1.82) is 0 Å². The van der Waals surface area contributed by atoms with E-state index in [1.54, 1.807) is 0 Å². The lowest BCUT2D eigenvalue weighted by atomic mass is 10.0. The van der Waals surface area contributed by atoms with Gasteiger partial charge in [0.2, 0.25) is 0 Å². The van der Waals surface area contributed by atoms with Crippen LogP contribution >= 0.6 is 0 Å². The quantitative estimate of drug-likeness (QED) is 0.373. The molecular weight excluding hydrogens is 278 g/mol. The number of ether oxygens (including phenoxy) is 2. The summed E-state index contributed by atoms with van der Waals surface area (Å²) in [7, 11) is 0.230. The van der Waals surface area contributed by atoms with Gasteiger partial charge in [-0.3, -0.25) is 4.18 Å². The minimum Gasteiger partial charge on any atom is -0.394 e. The predicted molar refractivity (Wildman–Crippen MR) is 68.4 cm³/mol. The lowest BCUT2D eigenvalue weighted by Crippen LogP contribution is -2.57. The number of aliphatic hydroxyl groups excluding tert-OH is 2. The van der Waals surface area contributed by atoms with Crippen LogP contribution in [0.2, 0.25) is 0 Å². The lowest BCUT2D eigenvalue weighted by molar-refractivity contribution is 0.00228. The Kier molecular flexibility index (Phi) is 8.66. The van der Waals surface area contributed by atoms with Gasteiger partial charge >= 0.3 is 0 Å². The molecule has 116 valence electrons. The Morgan fingerprint density at radius 3 is 2.11 bits per heavy atom. The Bertz CT molecular complexity index is 327. The molecule has 0 saturated heterocycles. The van der Waals surface area contributed by atoms with E-state index in [2.05, 4.69) is 9.50 Å². The number of rotatable bonds is 11. The van der Waals surface area contributed by atoms with Crippen molar-refractivity contribution in [3.8, 4) is 0 Å². The van der Waals surface area contributed by atoms with Gasteiger partial charge in [0.25, 0.3) is 10.1 Å². The van der Waals surface area contributed by atoms with Gasteiger partial charge in [-0.15, -0.1) is 0 Å². The molecule has 0 aromatic carbocycles. The second-order valence-corrected chi connectivity index (χ2v) is 6.01. The summed E-state index contributed by atoms with van der Waals surface area (Å²) < 4.78 is 36.5. The van der Waals surface area contributed by atoms with Crippen LogP contribution in [0.1, 0.15) is 0 Å². The zero-order valence-corrected chi connectivity index (χ0v) is 12.3. The maximum Gasteiger partial charge on any atom is 0.269 e. The Labute approximate surface area is 113 Å². The van der Waals surface area contributed by atoms with Crippen LogP contribution < -0.4 is 5.32 Å². The third-order valence-corrected chi connectivity index (χ3v) is 3.81. The van der Waals surface area contributed by atoms with E-state index in [9.17, 15) is 18.6 Å². The predicted octanol–water partition coefficient (Wildman–Crippen LogP) is -2.06. The molecule has 0 aliphatic rings. The highest BCUT2D eigenvalue weighted by atomic mass is 32.2. The second kappa shape index (κ2) is 8.80. The first-order valence-corrected chi connectivity index (χ1v) is 7.22. The highest BCUT2D eigenvalue weighted by Crippen LogP contribution is 2.06. The molecule has 19 heavy (non-hydrogen) atoms. The molecule has 8 nitrogen and oxygen atoms in total. The second-order valence-electron chi connectivity index (χ2n) is 4.23. The van der Waals surface area contributed by atoms with Crippen molar-refractivity contribution in [3.05, 3.63) is 0 Å². The number of methoxy groups -OCH3 is 2. The Morgan fingerprint density at radius 2 is 1.74 bits per heavy atom. The minimum absolute atomic E-state index is 0.0458. The molecule has 0 aliphatic carbocycles. The number of aliphatic hydroxyl groups is 2. The van der Waals surface area contributed by atoms with E-state index in [0.717, 1.165) is 7.11 Å². The first kappa shape index (κ1) is 18.7. The van der Waals surface area contributed by atoms with Gasteiger partial charge in [0, 0.05) is 20.8 Å². The average molecular weight is 301 g/mol. The van der Waals surface area contributed by atoms with Crippen molar-refractivity contribution < 1.29 is 32.3 Å². The summed E-state index contributed by atoms with van der Waals surface area (Å²) in [6.07, 6.45) is -1.16. The Hall–Kier alpha value is -0.290. The van der Waals surface area contributed by atoms with Crippen LogP contribution in [0.25, 0.3) is 0 Å². The fraction of sp³-hybridized carbons (Fsp3) is 1.00. The summed E-state index contributed by atoms with van der Waals surface area (Å²) >= 11 is 0. The molecule has 0 saturated carbocycles. The third kappa shape index (κ3) is 7.16. The highest BCUT2D eigenvalue weighted by Gasteiger charge is 2.30. The van der Waals surface area contributed by atoms with E-state index in [4.69, 9.17) is 9.47 Å². The van der Waals surface area contributed by atoms with Gasteiger partial charge in [-0.2, -0.15) is 8.42 Å². The number of hydrogen-bond acceptors (Lipinski definition) is 8. The minimum atomic E-state index is -3.73. The van der Waals surface area contributed by atoms with Crippen LogP contribution in [0, 0.1) is 0 Å². The Balaban J connectivity index is 4.46. The lowest BCUT2D eigenvalue weighted by Gasteiger charge is -2.32. The van der Waals surface area contributed by atoms with E-state index in [0.29, 0.717) is 0 Å². The number of nitrogens with one attached hydrogen (secondary N) is 1. The molecule has 3 N–H and O–H groups in total. The molecule has 1 unspecified atom stereocenters. The highest BCUT2D eigenvalue weighted by molar-refractivity contribution is 7.86. The normalized spacial score (nSPS) is 14.6. The molecule has 0 rings (SSSR count). The van der Waals surface area contributed by atoms with Crippen molar-refractivity contribution in [2.45, 2.75) is 11.6 Å². The zero-order chi connectivity index (χ0) is 14.9. The average Bonchev–Trinajstić information content (AvgIpc) is 2.36. The molecular formula is C10H23NO7S. The molecule has 0 radical (unpaired) electrons. The van der Waals surface area contributed by atoms with Crippen LogP contribution in [0.3, 0.4) is 0 Å². The first-order chi connectivity index (χ1) is 8.84. The standard InChI is InChI=1S/C10H23NO7S/c1-16-7-10(6-12,8-17-2)11-4-9(13)5-19(14,15)18-3/h9,11-13H,4-8H2,1-3H3. The molecule has 0 aliphatic heterocycles. The van der Waals surface area contributed by atoms with Crippen molar-refractivity contribution in [2.75, 3.05) is 53.4 Å². The summed E-state index contributed by atoms with van der Waals surface area (Å²) in [6.45, 7) is -0.0174. The van der Waals surface area contributed by atoms with Gasteiger partial charge in [0.15, 0.2) is 0 Å². The van der Waals surface area contributed by atoms with Crippen LogP contribution in [0.4, 0.5) is 0 Å². The van der Waals surface area contributed by atoms with Gasteiger partial charge in [-0.1, -0.05) is 0 Å². The van der Waals surface area contributed by atoms with E-state index < -0.39 is 27.5 Å².